The third-order valence-corrected chi connectivity index (χ3v) is 5.15. The Morgan fingerprint density at radius 1 is 1.17 bits per heavy atom. The van der Waals surface area contributed by atoms with Crippen molar-refractivity contribution in [3.05, 3.63) is 77.5 Å². The Morgan fingerprint density at radius 3 is 2.63 bits per heavy atom. The molecule has 1 aromatic heterocycles. The van der Waals surface area contributed by atoms with Crippen molar-refractivity contribution in [1.29, 1.82) is 5.26 Å². The lowest BCUT2D eigenvalue weighted by atomic mass is 10.0. The van der Waals surface area contributed by atoms with Crippen LogP contribution in [0, 0.1) is 17.2 Å². The summed E-state index contributed by atoms with van der Waals surface area (Å²) in [5, 5.41) is 15.8. The number of nitrogens with one attached hydrogen (secondary N) is 2. The second-order valence-corrected chi connectivity index (χ2v) is 7.54. The molecule has 4 rings (SSSR count). The second-order valence-electron chi connectivity index (χ2n) is 7.54. The first-order valence-corrected chi connectivity index (χ1v) is 10.00. The number of hydrogen-bond acceptors (Lipinski definition) is 5. The minimum Gasteiger partial charge on any atom is -0.397 e. The number of nitrogens with two attached hydrogens (primary N) is 1. The second kappa shape index (κ2) is 8.76. The van der Waals surface area contributed by atoms with Crippen molar-refractivity contribution in [2.75, 3.05) is 17.6 Å². The van der Waals surface area contributed by atoms with Gasteiger partial charge in [0.15, 0.2) is 0 Å². The van der Waals surface area contributed by atoms with Crippen LogP contribution in [-0.4, -0.2) is 17.4 Å². The van der Waals surface area contributed by atoms with E-state index >= 15 is 0 Å². The number of nitriles is 1. The molecule has 150 valence electrons. The number of rotatable bonds is 7. The first kappa shape index (κ1) is 19.6. The zero-order valence-electron chi connectivity index (χ0n) is 16.6. The van der Waals surface area contributed by atoms with Crippen LogP contribution >= 0.6 is 0 Å². The Labute approximate surface area is 175 Å². The molecule has 1 aliphatic rings. The van der Waals surface area contributed by atoms with Crippen LogP contribution < -0.4 is 16.4 Å². The van der Waals surface area contributed by atoms with Gasteiger partial charge in [-0.25, -0.2) is 0 Å². The smallest absolute Gasteiger partial charge is 0.255 e. The van der Waals surface area contributed by atoms with Gasteiger partial charge in [0.25, 0.3) is 5.91 Å². The number of amides is 1. The molecule has 0 atom stereocenters. The third kappa shape index (κ3) is 4.65. The monoisotopic (exact) mass is 397 g/mol. The topological polar surface area (TPSA) is 104 Å². The number of nitrogen functional groups attached to an aromatic ring is 1. The molecule has 0 aliphatic heterocycles. The third-order valence-electron chi connectivity index (χ3n) is 5.15. The maximum absolute atomic E-state index is 12.5. The SMILES string of the molecule is N#Cc1cc(CNCC2CC2)cnc1-c1ccc(C(=O)Nc2ccccc2N)cc1. The fourth-order valence-corrected chi connectivity index (χ4v) is 3.25. The first-order chi connectivity index (χ1) is 14.6. The van der Waals surface area contributed by atoms with Gasteiger partial charge >= 0.3 is 0 Å². The lowest BCUT2D eigenvalue weighted by molar-refractivity contribution is 0.102. The fraction of sp³-hybridized carbons (Fsp3) is 0.208. The maximum atomic E-state index is 12.5. The summed E-state index contributed by atoms with van der Waals surface area (Å²) in [5.41, 5.74) is 10.4. The van der Waals surface area contributed by atoms with Crippen LogP contribution in [0.25, 0.3) is 11.3 Å². The highest BCUT2D eigenvalue weighted by molar-refractivity contribution is 6.05. The molecular weight excluding hydrogens is 374 g/mol. The van der Waals surface area contributed by atoms with E-state index in [0.717, 1.165) is 23.6 Å². The van der Waals surface area contributed by atoms with Crippen molar-refractivity contribution >= 4 is 17.3 Å². The van der Waals surface area contributed by atoms with E-state index < -0.39 is 0 Å². The molecule has 0 spiro atoms. The quantitative estimate of drug-likeness (QED) is 0.524. The molecule has 0 saturated heterocycles. The Bertz CT molecular complexity index is 1100. The first-order valence-electron chi connectivity index (χ1n) is 10.00. The largest absolute Gasteiger partial charge is 0.397 e. The maximum Gasteiger partial charge on any atom is 0.255 e. The van der Waals surface area contributed by atoms with Crippen molar-refractivity contribution in [3.63, 3.8) is 0 Å². The van der Waals surface area contributed by atoms with Gasteiger partial charge in [0.1, 0.15) is 6.07 Å². The Kier molecular flexibility index (Phi) is 5.73. The van der Waals surface area contributed by atoms with Crippen molar-refractivity contribution < 1.29 is 4.79 Å². The number of para-hydroxylation sites is 2. The van der Waals surface area contributed by atoms with E-state index in [1.807, 2.05) is 18.2 Å². The fourth-order valence-electron chi connectivity index (χ4n) is 3.25. The lowest BCUT2D eigenvalue weighted by Gasteiger charge is -2.10. The molecule has 4 N–H and O–H groups in total. The van der Waals surface area contributed by atoms with E-state index in [4.69, 9.17) is 5.73 Å². The number of aromatic nitrogens is 1. The summed E-state index contributed by atoms with van der Waals surface area (Å²) in [7, 11) is 0. The minimum absolute atomic E-state index is 0.245. The number of carbonyl (C=O) groups is 1. The number of anilines is 2. The van der Waals surface area contributed by atoms with Crippen molar-refractivity contribution in [2.24, 2.45) is 5.92 Å². The van der Waals surface area contributed by atoms with Gasteiger partial charge in [-0.15, -0.1) is 0 Å². The van der Waals surface area contributed by atoms with Crippen LogP contribution in [0.5, 0.6) is 0 Å². The van der Waals surface area contributed by atoms with Gasteiger partial charge in [-0.2, -0.15) is 5.26 Å². The van der Waals surface area contributed by atoms with Crippen LogP contribution in [0.15, 0.2) is 60.8 Å². The standard InChI is InChI=1S/C24H23N5O/c25-12-20-11-17(14-27-13-16-5-6-16)15-28-23(20)18-7-9-19(10-8-18)24(30)29-22-4-2-1-3-21(22)26/h1-4,7-11,15-16,27H,5-6,13-14,26H2,(H,29,30). The number of benzene rings is 2. The van der Waals surface area contributed by atoms with Crippen LogP contribution in [0.3, 0.4) is 0 Å². The van der Waals surface area contributed by atoms with Gasteiger partial charge in [-0.05, 0) is 61.2 Å². The zero-order valence-corrected chi connectivity index (χ0v) is 16.6. The molecule has 6 nitrogen and oxygen atoms in total. The van der Waals surface area contributed by atoms with Gasteiger partial charge < -0.3 is 16.4 Å². The summed E-state index contributed by atoms with van der Waals surface area (Å²) in [5.74, 6) is 0.562. The molecule has 0 radical (unpaired) electrons. The van der Waals surface area contributed by atoms with Gasteiger partial charge in [0.05, 0.1) is 22.6 Å². The van der Waals surface area contributed by atoms with Gasteiger partial charge in [-0.1, -0.05) is 24.3 Å². The van der Waals surface area contributed by atoms with E-state index in [1.165, 1.54) is 12.8 Å². The Balaban J connectivity index is 1.47. The molecule has 3 aromatic rings. The Hall–Kier alpha value is -3.69. The summed E-state index contributed by atoms with van der Waals surface area (Å²) < 4.78 is 0. The van der Waals surface area contributed by atoms with Gasteiger partial charge in [0.2, 0.25) is 0 Å². The minimum atomic E-state index is -0.245. The molecule has 2 aromatic carbocycles. The highest BCUT2D eigenvalue weighted by Gasteiger charge is 2.20. The predicted molar refractivity (Wildman–Crippen MR) is 118 cm³/mol. The number of carbonyl (C=O) groups excluding carboxylic acids is 1. The van der Waals surface area contributed by atoms with Crippen molar-refractivity contribution in [1.82, 2.24) is 10.3 Å². The average molecular weight is 397 g/mol. The summed E-state index contributed by atoms with van der Waals surface area (Å²) >= 11 is 0. The zero-order chi connectivity index (χ0) is 20.9. The van der Waals surface area contributed by atoms with E-state index in [9.17, 15) is 10.1 Å². The normalized spacial score (nSPS) is 12.9. The van der Waals surface area contributed by atoms with Crippen molar-refractivity contribution in [2.45, 2.75) is 19.4 Å². The predicted octanol–water partition coefficient (Wildman–Crippen LogP) is 3.95. The molecule has 0 unspecified atom stereocenters. The van der Waals surface area contributed by atoms with Crippen LogP contribution in [-0.2, 0) is 6.54 Å². The number of hydrogen-bond donors (Lipinski definition) is 3. The van der Waals surface area contributed by atoms with Crippen LogP contribution in [0.1, 0.15) is 34.3 Å². The van der Waals surface area contributed by atoms with Crippen molar-refractivity contribution in [3.8, 4) is 17.3 Å². The molecule has 6 heteroatoms. The molecule has 1 saturated carbocycles. The van der Waals surface area contributed by atoms with E-state index in [0.29, 0.717) is 34.7 Å². The highest BCUT2D eigenvalue weighted by atomic mass is 16.1. The van der Waals surface area contributed by atoms with E-state index in [-0.39, 0.29) is 5.91 Å². The molecule has 1 heterocycles. The highest BCUT2D eigenvalue weighted by Crippen LogP contribution is 2.28. The van der Waals surface area contributed by atoms with Gasteiger partial charge in [0, 0.05) is 23.9 Å². The molecule has 30 heavy (non-hydrogen) atoms. The van der Waals surface area contributed by atoms with Crippen LogP contribution in [0.4, 0.5) is 11.4 Å². The summed E-state index contributed by atoms with van der Waals surface area (Å²) in [6.45, 7) is 1.72. The molecule has 1 aliphatic carbocycles. The van der Waals surface area contributed by atoms with Crippen LogP contribution in [0.2, 0.25) is 0 Å². The molecular formula is C24H23N5O. The lowest BCUT2D eigenvalue weighted by Crippen LogP contribution is -2.16. The van der Waals surface area contributed by atoms with E-state index in [1.54, 1.807) is 42.6 Å². The summed E-state index contributed by atoms with van der Waals surface area (Å²) in [6.07, 6.45) is 4.41. The summed E-state index contributed by atoms with van der Waals surface area (Å²) in [6, 6.07) is 18.3. The number of pyridine rings is 1. The molecule has 0 bridgehead atoms. The Morgan fingerprint density at radius 2 is 1.93 bits per heavy atom. The van der Waals surface area contributed by atoms with Gasteiger partial charge in [-0.3, -0.25) is 9.78 Å². The molecule has 1 amide bonds. The average Bonchev–Trinajstić information content (AvgIpc) is 3.60. The van der Waals surface area contributed by atoms with E-state index in [2.05, 4.69) is 21.7 Å². The number of nitrogens with zero attached hydrogens (tertiary/aromatic N) is 2. The summed E-state index contributed by atoms with van der Waals surface area (Å²) in [4.78, 5) is 17.0. The molecule has 1 fully saturated rings.